The van der Waals surface area contributed by atoms with Gasteiger partial charge in [0, 0.05) is 6.04 Å². The van der Waals surface area contributed by atoms with Crippen LogP contribution in [0.1, 0.15) is 23.6 Å². The van der Waals surface area contributed by atoms with Crippen LogP contribution in [-0.2, 0) is 16.4 Å². The van der Waals surface area contributed by atoms with Gasteiger partial charge >= 0.3 is 0 Å². The Balaban J connectivity index is 1.87. The number of benzene rings is 1. The summed E-state index contributed by atoms with van der Waals surface area (Å²) in [4.78, 5) is 3.77. The molecule has 0 saturated heterocycles. The van der Waals surface area contributed by atoms with E-state index in [1.54, 1.807) is 0 Å². The highest BCUT2D eigenvalue weighted by Gasteiger charge is 2.28. The summed E-state index contributed by atoms with van der Waals surface area (Å²) in [6.07, 6.45) is 2.97. The first kappa shape index (κ1) is 13.1. The minimum atomic E-state index is -3.54. The third-order valence-electron chi connectivity index (χ3n) is 3.15. The molecule has 1 atom stereocenters. The van der Waals surface area contributed by atoms with Crippen molar-refractivity contribution in [2.75, 3.05) is 0 Å². The normalized spacial score (nSPS) is 18.5. The lowest BCUT2D eigenvalue weighted by molar-refractivity contribution is 0.556. The third kappa shape index (κ3) is 2.53. The second kappa shape index (κ2) is 4.86. The number of sulfonamides is 1. The van der Waals surface area contributed by atoms with Gasteiger partial charge in [0.15, 0.2) is 8.68 Å². The number of nitrogens with zero attached hydrogens (tertiary/aromatic N) is 1. The zero-order chi connectivity index (χ0) is 13.5. The predicted octanol–water partition coefficient (Wildman–Crippen LogP) is 2.76. The number of thiazole rings is 1. The second-order valence-corrected chi connectivity index (χ2v) is 7.90. The molecule has 0 bridgehead atoms. The lowest BCUT2D eigenvalue weighted by Gasteiger charge is -2.13. The summed E-state index contributed by atoms with van der Waals surface area (Å²) in [5.74, 6) is 0. The Morgan fingerprint density at radius 1 is 1.37 bits per heavy atom. The lowest BCUT2D eigenvalue weighted by Crippen LogP contribution is -2.26. The molecule has 4 nitrogen and oxygen atoms in total. The molecule has 2 aromatic rings. The Morgan fingerprint density at radius 2 is 2.16 bits per heavy atom. The van der Waals surface area contributed by atoms with E-state index in [4.69, 9.17) is 11.6 Å². The number of nitrogens with one attached hydrogen (secondary N) is 1. The van der Waals surface area contributed by atoms with E-state index in [1.807, 2.05) is 24.3 Å². The maximum Gasteiger partial charge on any atom is 0.252 e. The van der Waals surface area contributed by atoms with E-state index in [9.17, 15) is 8.42 Å². The number of hydrogen-bond donors (Lipinski definition) is 1. The standard InChI is InChI=1S/C12H11ClN2O2S2/c13-12-14-7-11(18-12)19(16,17)15-10-6-5-8-3-1-2-4-9(8)10/h1-4,7,10,15H,5-6H2. The van der Waals surface area contributed by atoms with Gasteiger partial charge in [-0.2, -0.15) is 0 Å². The molecular weight excluding hydrogens is 304 g/mol. The number of fused-ring (bicyclic) bond motifs is 1. The molecule has 1 N–H and O–H groups in total. The molecular formula is C12H11ClN2O2S2. The van der Waals surface area contributed by atoms with Crippen LogP contribution in [0.4, 0.5) is 0 Å². The number of aromatic nitrogens is 1. The van der Waals surface area contributed by atoms with Gasteiger partial charge in [0.2, 0.25) is 0 Å². The van der Waals surface area contributed by atoms with Crippen LogP contribution in [0.2, 0.25) is 4.47 Å². The van der Waals surface area contributed by atoms with Crippen LogP contribution in [0.5, 0.6) is 0 Å². The molecule has 0 radical (unpaired) electrons. The first-order valence-corrected chi connectivity index (χ1v) is 8.45. The van der Waals surface area contributed by atoms with Crippen molar-refractivity contribution >= 4 is 33.0 Å². The van der Waals surface area contributed by atoms with Crippen LogP contribution < -0.4 is 4.72 Å². The van der Waals surface area contributed by atoms with Crippen LogP contribution in [0.3, 0.4) is 0 Å². The average Bonchev–Trinajstić information content (AvgIpc) is 2.97. The van der Waals surface area contributed by atoms with E-state index in [0.29, 0.717) is 0 Å². The Kier molecular flexibility index (Phi) is 3.34. The van der Waals surface area contributed by atoms with E-state index in [-0.39, 0.29) is 14.7 Å². The molecule has 0 saturated carbocycles. The van der Waals surface area contributed by atoms with Crippen LogP contribution in [-0.4, -0.2) is 13.4 Å². The topological polar surface area (TPSA) is 59.1 Å². The third-order valence-corrected chi connectivity index (χ3v) is 6.20. The molecule has 1 unspecified atom stereocenters. The Bertz CT molecular complexity index is 712. The fraction of sp³-hybridized carbons (Fsp3) is 0.250. The van der Waals surface area contributed by atoms with Crippen LogP contribution in [0.15, 0.2) is 34.7 Å². The summed E-state index contributed by atoms with van der Waals surface area (Å²) >= 11 is 6.64. The van der Waals surface area contributed by atoms with E-state index in [2.05, 4.69) is 9.71 Å². The van der Waals surface area contributed by atoms with Crippen molar-refractivity contribution in [2.24, 2.45) is 0 Å². The van der Waals surface area contributed by atoms with Crippen molar-refractivity contribution < 1.29 is 8.42 Å². The van der Waals surface area contributed by atoms with Crippen LogP contribution >= 0.6 is 22.9 Å². The van der Waals surface area contributed by atoms with Gasteiger partial charge < -0.3 is 0 Å². The highest BCUT2D eigenvalue weighted by Crippen LogP contribution is 2.32. The largest absolute Gasteiger partial charge is 0.252 e. The molecule has 0 amide bonds. The molecule has 1 aliphatic rings. The first-order valence-electron chi connectivity index (χ1n) is 5.78. The lowest BCUT2D eigenvalue weighted by atomic mass is 10.1. The van der Waals surface area contributed by atoms with Gasteiger partial charge in [-0.25, -0.2) is 18.1 Å². The van der Waals surface area contributed by atoms with Crippen molar-refractivity contribution in [3.8, 4) is 0 Å². The van der Waals surface area contributed by atoms with Crippen molar-refractivity contribution in [1.82, 2.24) is 9.71 Å². The number of halogens is 1. The van der Waals surface area contributed by atoms with Crippen molar-refractivity contribution in [2.45, 2.75) is 23.1 Å². The summed E-state index contributed by atoms with van der Waals surface area (Å²) in [5, 5.41) is 0. The second-order valence-electron chi connectivity index (χ2n) is 4.34. The molecule has 19 heavy (non-hydrogen) atoms. The van der Waals surface area contributed by atoms with Crippen molar-refractivity contribution in [3.63, 3.8) is 0 Å². The molecule has 100 valence electrons. The van der Waals surface area contributed by atoms with E-state index >= 15 is 0 Å². The van der Waals surface area contributed by atoms with Gasteiger partial charge in [-0.15, -0.1) is 0 Å². The van der Waals surface area contributed by atoms with E-state index in [1.165, 1.54) is 11.8 Å². The summed E-state index contributed by atoms with van der Waals surface area (Å²) in [5.41, 5.74) is 2.26. The van der Waals surface area contributed by atoms with E-state index in [0.717, 1.165) is 29.7 Å². The van der Waals surface area contributed by atoms with Crippen molar-refractivity contribution in [1.29, 1.82) is 0 Å². The highest BCUT2D eigenvalue weighted by molar-refractivity contribution is 7.91. The van der Waals surface area contributed by atoms with Gasteiger partial charge in [-0.05, 0) is 24.0 Å². The average molecular weight is 315 g/mol. The smallest absolute Gasteiger partial charge is 0.232 e. The zero-order valence-corrected chi connectivity index (χ0v) is 12.2. The fourth-order valence-electron chi connectivity index (χ4n) is 2.29. The summed E-state index contributed by atoms with van der Waals surface area (Å²) < 4.78 is 27.5. The molecule has 3 rings (SSSR count). The molecule has 1 aliphatic carbocycles. The van der Waals surface area contributed by atoms with Gasteiger partial charge in [-0.1, -0.05) is 47.2 Å². The molecule has 7 heteroatoms. The van der Waals surface area contributed by atoms with Crippen LogP contribution in [0.25, 0.3) is 0 Å². The fourth-order valence-corrected chi connectivity index (χ4v) is 4.85. The molecule has 1 aromatic heterocycles. The van der Waals surface area contributed by atoms with E-state index < -0.39 is 10.0 Å². The Hall–Kier alpha value is -0.950. The maximum atomic E-state index is 12.2. The summed E-state index contributed by atoms with van der Waals surface area (Å²) in [6, 6.07) is 7.73. The quantitative estimate of drug-likeness (QED) is 0.947. The summed E-state index contributed by atoms with van der Waals surface area (Å²) in [7, 11) is -3.54. The molecule has 0 spiro atoms. The number of aryl methyl sites for hydroxylation is 1. The zero-order valence-electron chi connectivity index (χ0n) is 9.84. The Morgan fingerprint density at radius 3 is 2.89 bits per heavy atom. The first-order chi connectivity index (χ1) is 9.06. The highest BCUT2D eigenvalue weighted by atomic mass is 35.5. The van der Waals surface area contributed by atoms with Gasteiger partial charge in [0.25, 0.3) is 10.0 Å². The minimum Gasteiger partial charge on any atom is -0.232 e. The summed E-state index contributed by atoms with van der Waals surface area (Å²) in [6.45, 7) is 0. The molecule has 0 fully saturated rings. The maximum absolute atomic E-state index is 12.2. The monoisotopic (exact) mass is 314 g/mol. The van der Waals surface area contributed by atoms with Gasteiger partial charge in [0.05, 0.1) is 6.20 Å². The Labute approximate surface area is 120 Å². The molecule has 1 heterocycles. The minimum absolute atomic E-state index is 0.155. The predicted molar refractivity (Wildman–Crippen MR) is 74.9 cm³/mol. The van der Waals surface area contributed by atoms with Crippen LogP contribution in [0, 0.1) is 0 Å². The SMILES string of the molecule is O=S(=O)(NC1CCc2ccccc21)c1cnc(Cl)s1. The number of rotatable bonds is 3. The number of hydrogen-bond acceptors (Lipinski definition) is 4. The van der Waals surface area contributed by atoms with Crippen molar-refractivity contribution in [3.05, 3.63) is 46.1 Å². The van der Waals surface area contributed by atoms with Gasteiger partial charge in [-0.3, -0.25) is 0 Å². The molecule has 0 aliphatic heterocycles. The van der Waals surface area contributed by atoms with Gasteiger partial charge in [0.1, 0.15) is 0 Å². The molecule has 1 aromatic carbocycles.